The van der Waals surface area contributed by atoms with Gasteiger partial charge in [-0.05, 0) is 76.5 Å². The van der Waals surface area contributed by atoms with Gasteiger partial charge in [0.25, 0.3) is 0 Å². The number of carbonyl (C=O) groups excluding carboxylic acids is 1. The van der Waals surface area contributed by atoms with Gasteiger partial charge in [-0.25, -0.2) is 9.97 Å². The normalized spacial score (nSPS) is 21.6. The number of unbranched alkanes of at least 4 members (excludes halogenated alkanes) is 1. The van der Waals surface area contributed by atoms with Crippen molar-refractivity contribution in [3.05, 3.63) is 36.4 Å². The van der Waals surface area contributed by atoms with Crippen molar-refractivity contribution in [2.24, 2.45) is 5.41 Å². The molecule has 0 atom stereocenters. The van der Waals surface area contributed by atoms with Gasteiger partial charge in [0, 0.05) is 43.8 Å². The van der Waals surface area contributed by atoms with Crippen LogP contribution in [-0.4, -0.2) is 79.3 Å². The molecule has 0 unspecified atom stereocenters. The van der Waals surface area contributed by atoms with Crippen molar-refractivity contribution in [3.63, 3.8) is 0 Å². The lowest BCUT2D eigenvalue weighted by Crippen LogP contribution is -2.46. The first-order chi connectivity index (χ1) is 17.2. The number of nitrogens with one attached hydrogen (secondary N) is 2. The summed E-state index contributed by atoms with van der Waals surface area (Å²) in [6.07, 6.45) is 21.0. The van der Waals surface area contributed by atoms with Crippen molar-refractivity contribution in [2.75, 3.05) is 32.7 Å². The third kappa shape index (κ3) is 6.53. The van der Waals surface area contributed by atoms with Gasteiger partial charge in [0.2, 0.25) is 5.91 Å². The largest absolute Gasteiger partial charge is 0.347 e. The van der Waals surface area contributed by atoms with E-state index < -0.39 is 0 Å². The van der Waals surface area contributed by atoms with Gasteiger partial charge in [-0.2, -0.15) is 0 Å². The predicted octanol–water partition coefficient (Wildman–Crippen LogP) is 3.95. The van der Waals surface area contributed by atoms with E-state index in [9.17, 15) is 4.79 Å². The molecule has 8 nitrogen and oxygen atoms in total. The molecular formula is C27H43N7O. The molecule has 1 amide bonds. The van der Waals surface area contributed by atoms with Crippen LogP contribution in [0.4, 0.5) is 0 Å². The summed E-state index contributed by atoms with van der Waals surface area (Å²) < 4.78 is 0. The maximum atomic E-state index is 13.0. The SMILES string of the molecule is O=C(CCCCN1CCC2(CCN(C3CCCCC3)CC2)C1)N(Cc1ncc[nH]1)Cc1ncc[nH]1. The van der Waals surface area contributed by atoms with Crippen LogP contribution in [0.2, 0.25) is 0 Å². The van der Waals surface area contributed by atoms with Crippen molar-refractivity contribution in [1.29, 1.82) is 0 Å². The maximum absolute atomic E-state index is 13.0. The minimum absolute atomic E-state index is 0.172. The van der Waals surface area contributed by atoms with E-state index >= 15 is 0 Å². The van der Waals surface area contributed by atoms with Crippen LogP contribution < -0.4 is 0 Å². The van der Waals surface area contributed by atoms with E-state index in [0.717, 1.165) is 37.1 Å². The lowest BCUT2D eigenvalue weighted by atomic mass is 9.77. The summed E-state index contributed by atoms with van der Waals surface area (Å²) >= 11 is 0. The van der Waals surface area contributed by atoms with Crippen LogP contribution in [0.5, 0.6) is 0 Å². The average molecular weight is 482 g/mol. The second kappa shape index (κ2) is 11.7. The Morgan fingerprint density at radius 1 is 0.943 bits per heavy atom. The number of likely N-dealkylation sites (tertiary alicyclic amines) is 2. The average Bonchev–Trinajstić information content (AvgIpc) is 3.66. The number of nitrogens with zero attached hydrogens (tertiary/aromatic N) is 5. The summed E-state index contributed by atoms with van der Waals surface area (Å²) in [5.74, 6) is 1.79. The lowest BCUT2D eigenvalue weighted by molar-refractivity contribution is -0.132. The highest BCUT2D eigenvalue weighted by Gasteiger charge is 2.41. The van der Waals surface area contributed by atoms with Gasteiger partial charge in [-0.15, -0.1) is 0 Å². The summed E-state index contributed by atoms with van der Waals surface area (Å²) in [7, 11) is 0. The van der Waals surface area contributed by atoms with Crippen LogP contribution in [0.15, 0.2) is 24.8 Å². The molecule has 0 bridgehead atoms. The number of amides is 1. The molecule has 0 radical (unpaired) electrons. The number of piperidine rings is 1. The third-order valence-electron chi connectivity index (χ3n) is 8.73. The molecule has 2 saturated heterocycles. The number of carbonyl (C=O) groups is 1. The van der Waals surface area contributed by atoms with Crippen LogP contribution in [-0.2, 0) is 17.9 Å². The van der Waals surface area contributed by atoms with Gasteiger partial charge in [0.15, 0.2) is 0 Å². The van der Waals surface area contributed by atoms with E-state index in [4.69, 9.17) is 0 Å². The number of hydrogen-bond donors (Lipinski definition) is 2. The van der Waals surface area contributed by atoms with Gasteiger partial charge >= 0.3 is 0 Å². The van der Waals surface area contributed by atoms with Gasteiger partial charge in [0.05, 0.1) is 13.1 Å². The number of imidazole rings is 2. The number of H-pyrrole nitrogens is 2. The molecule has 1 saturated carbocycles. The van der Waals surface area contributed by atoms with Crippen molar-refractivity contribution in [1.82, 2.24) is 34.6 Å². The summed E-state index contributed by atoms with van der Waals surface area (Å²) in [6.45, 7) is 7.22. The Morgan fingerprint density at radius 2 is 1.60 bits per heavy atom. The molecule has 2 aliphatic heterocycles. The minimum atomic E-state index is 0.172. The smallest absolute Gasteiger partial charge is 0.223 e. The zero-order chi connectivity index (χ0) is 23.9. The molecule has 1 spiro atoms. The zero-order valence-corrected chi connectivity index (χ0v) is 21.3. The highest BCUT2D eigenvalue weighted by molar-refractivity contribution is 5.76. The topological polar surface area (TPSA) is 84.2 Å². The number of rotatable bonds is 10. The van der Waals surface area contributed by atoms with Crippen molar-refractivity contribution >= 4 is 5.91 Å². The Kier molecular flexibility index (Phi) is 8.19. The fourth-order valence-electron chi connectivity index (χ4n) is 6.57. The summed E-state index contributed by atoms with van der Waals surface area (Å²) in [5.41, 5.74) is 0.559. The second-order valence-electron chi connectivity index (χ2n) is 11.1. The first-order valence-electron chi connectivity index (χ1n) is 13.9. The van der Waals surface area contributed by atoms with Crippen LogP contribution in [0.1, 0.15) is 82.3 Å². The van der Waals surface area contributed by atoms with E-state index in [2.05, 4.69) is 29.7 Å². The first kappa shape index (κ1) is 24.5. The highest BCUT2D eigenvalue weighted by atomic mass is 16.2. The Morgan fingerprint density at radius 3 is 2.23 bits per heavy atom. The zero-order valence-electron chi connectivity index (χ0n) is 21.3. The van der Waals surface area contributed by atoms with E-state index in [1.165, 1.54) is 77.5 Å². The lowest BCUT2D eigenvalue weighted by Gasteiger charge is -2.44. The fourth-order valence-corrected chi connectivity index (χ4v) is 6.57. The summed E-state index contributed by atoms with van der Waals surface area (Å²) in [4.78, 5) is 35.2. The molecule has 3 fully saturated rings. The molecule has 2 aromatic rings. The maximum Gasteiger partial charge on any atom is 0.223 e. The second-order valence-corrected chi connectivity index (χ2v) is 11.1. The number of hydrogen-bond acceptors (Lipinski definition) is 5. The van der Waals surface area contributed by atoms with Crippen LogP contribution in [0, 0.1) is 5.41 Å². The summed E-state index contributed by atoms with van der Waals surface area (Å²) in [5, 5.41) is 0. The molecule has 2 aromatic heterocycles. The van der Waals surface area contributed by atoms with Gasteiger partial charge in [-0.1, -0.05) is 19.3 Å². The van der Waals surface area contributed by atoms with Crippen molar-refractivity contribution in [3.8, 4) is 0 Å². The molecule has 4 heterocycles. The van der Waals surface area contributed by atoms with Crippen LogP contribution in [0.25, 0.3) is 0 Å². The molecule has 0 aromatic carbocycles. The Hall–Kier alpha value is -2.19. The molecule has 35 heavy (non-hydrogen) atoms. The Balaban J connectivity index is 1.02. The first-order valence-corrected chi connectivity index (χ1v) is 13.9. The minimum Gasteiger partial charge on any atom is -0.347 e. The summed E-state index contributed by atoms with van der Waals surface area (Å²) in [6, 6.07) is 0.872. The number of aromatic nitrogens is 4. The molecule has 5 rings (SSSR count). The van der Waals surface area contributed by atoms with Crippen LogP contribution >= 0.6 is 0 Å². The monoisotopic (exact) mass is 481 g/mol. The van der Waals surface area contributed by atoms with Gasteiger partial charge in [-0.3, -0.25) is 4.79 Å². The van der Waals surface area contributed by atoms with Crippen molar-refractivity contribution in [2.45, 2.75) is 89.8 Å². The predicted molar refractivity (Wildman–Crippen MR) is 136 cm³/mol. The standard InChI is InChI=1S/C27H43N7O/c35-26(34(20-24-28-12-13-29-24)21-25-30-14-15-31-25)8-4-5-16-32-17-9-27(22-32)10-18-33(19-11-27)23-6-2-1-3-7-23/h12-15,23H,1-11,16-22H2,(H,28,29)(H,30,31). The van der Waals surface area contributed by atoms with E-state index in [0.29, 0.717) is 24.9 Å². The Labute approximate surface area is 209 Å². The van der Waals surface area contributed by atoms with E-state index in [1.807, 2.05) is 4.90 Å². The third-order valence-corrected chi connectivity index (χ3v) is 8.73. The van der Waals surface area contributed by atoms with Crippen LogP contribution in [0.3, 0.4) is 0 Å². The highest BCUT2D eigenvalue weighted by Crippen LogP contribution is 2.41. The molecule has 8 heteroatoms. The number of aromatic amines is 2. The molecular weight excluding hydrogens is 438 g/mol. The molecule has 1 aliphatic carbocycles. The Bertz CT molecular complexity index is 847. The molecule has 192 valence electrons. The van der Waals surface area contributed by atoms with Crippen molar-refractivity contribution < 1.29 is 4.79 Å². The van der Waals surface area contributed by atoms with Gasteiger partial charge < -0.3 is 24.7 Å². The molecule has 2 N–H and O–H groups in total. The van der Waals surface area contributed by atoms with E-state index in [-0.39, 0.29) is 5.91 Å². The van der Waals surface area contributed by atoms with E-state index in [1.54, 1.807) is 24.8 Å². The molecule has 3 aliphatic rings. The van der Waals surface area contributed by atoms with Gasteiger partial charge in [0.1, 0.15) is 11.6 Å². The quantitative estimate of drug-likeness (QED) is 0.502. The fraction of sp³-hybridized carbons (Fsp3) is 0.741.